The topological polar surface area (TPSA) is 154 Å². The molecule has 11 heteroatoms. The van der Waals surface area contributed by atoms with E-state index in [1.807, 2.05) is 0 Å². The highest BCUT2D eigenvalue weighted by molar-refractivity contribution is 6.01. The minimum absolute atomic E-state index is 0.0440. The number of nitrogens with zero attached hydrogens (tertiary/aromatic N) is 2. The number of carboxylic acid groups (broad SMARTS) is 1. The Kier molecular flexibility index (Phi) is 8.55. The van der Waals surface area contributed by atoms with Gasteiger partial charge in [-0.15, -0.1) is 0 Å². The van der Waals surface area contributed by atoms with Crippen molar-refractivity contribution >= 4 is 23.3 Å². The number of furan rings is 1. The molecule has 1 amide bonds. The number of carboxylic acids is 1. The van der Waals surface area contributed by atoms with Crippen molar-refractivity contribution in [3.05, 3.63) is 123 Å². The lowest BCUT2D eigenvalue weighted by atomic mass is 10.1. The van der Waals surface area contributed by atoms with Crippen LogP contribution in [-0.2, 0) is 13.2 Å². The summed E-state index contributed by atoms with van der Waals surface area (Å²) in [6.07, 6.45) is 0. The Balaban J connectivity index is 1.33. The van der Waals surface area contributed by atoms with Gasteiger partial charge in [-0.1, -0.05) is 18.2 Å². The van der Waals surface area contributed by atoms with Gasteiger partial charge in [-0.05, 0) is 85.1 Å². The number of carbonyl (C=O) groups excluding carboxylic acids is 1. The molecular weight excluding hydrogens is 518 g/mol. The van der Waals surface area contributed by atoms with Crippen LogP contribution in [0, 0.1) is 17.0 Å². The second-order valence-corrected chi connectivity index (χ2v) is 8.74. The zero-order chi connectivity index (χ0) is 28.6. The maximum atomic E-state index is 12.7. The fourth-order valence-electron chi connectivity index (χ4n) is 3.64. The summed E-state index contributed by atoms with van der Waals surface area (Å²) < 4.78 is 16.4. The largest absolute Gasteiger partial charge is 0.486 e. The molecule has 0 aliphatic carbocycles. The minimum atomic E-state index is -1.15. The van der Waals surface area contributed by atoms with E-state index < -0.39 is 16.8 Å². The average Bonchev–Trinajstić information content (AvgIpc) is 3.44. The van der Waals surface area contributed by atoms with E-state index in [1.54, 1.807) is 74.5 Å². The van der Waals surface area contributed by atoms with E-state index in [1.165, 1.54) is 18.2 Å². The Labute approximate surface area is 228 Å². The smallest absolute Gasteiger partial charge is 0.371 e. The van der Waals surface area contributed by atoms with Gasteiger partial charge in [0.25, 0.3) is 5.91 Å². The number of nitro groups is 1. The molecule has 0 fully saturated rings. The Morgan fingerprint density at radius 2 is 1.75 bits per heavy atom. The third-order valence-corrected chi connectivity index (χ3v) is 5.75. The molecule has 204 valence electrons. The molecule has 0 radical (unpaired) electrons. The summed E-state index contributed by atoms with van der Waals surface area (Å²) in [6, 6.07) is 21.3. The quantitative estimate of drug-likeness (QED) is 0.143. The number of nitrogens with one attached hydrogen (secondary N) is 1. The molecular formula is C29H25N3O8. The molecule has 0 aliphatic heterocycles. The molecule has 0 spiro atoms. The van der Waals surface area contributed by atoms with Crippen LogP contribution in [0.25, 0.3) is 0 Å². The van der Waals surface area contributed by atoms with Crippen LogP contribution in [0.4, 0.5) is 5.69 Å². The molecule has 3 aromatic carbocycles. The zero-order valence-corrected chi connectivity index (χ0v) is 21.6. The van der Waals surface area contributed by atoms with Crippen LogP contribution in [0.1, 0.15) is 50.3 Å². The van der Waals surface area contributed by atoms with Crippen molar-refractivity contribution in [2.24, 2.45) is 5.10 Å². The highest BCUT2D eigenvalue weighted by Gasteiger charge is 2.16. The van der Waals surface area contributed by atoms with Crippen LogP contribution in [-0.4, -0.2) is 27.6 Å². The van der Waals surface area contributed by atoms with Crippen molar-refractivity contribution < 1.29 is 33.5 Å². The first kappa shape index (κ1) is 27.6. The summed E-state index contributed by atoms with van der Waals surface area (Å²) in [5.41, 5.74) is 5.48. The Bertz CT molecular complexity index is 1570. The van der Waals surface area contributed by atoms with Gasteiger partial charge >= 0.3 is 11.7 Å². The van der Waals surface area contributed by atoms with Gasteiger partial charge in [0.05, 0.1) is 10.6 Å². The molecule has 4 rings (SSSR count). The summed E-state index contributed by atoms with van der Waals surface area (Å²) >= 11 is 0. The molecule has 0 saturated heterocycles. The Morgan fingerprint density at radius 3 is 2.45 bits per heavy atom. The van der Waals surface area contributed by atoms with Crippen LogP contribution >= 0.6 is 0 Å². The molecule has 0 atom stereocenters. The number of carbonyl (C=O) groups is 2. The highest BCUT2D eigenvalue weighted by atomic mass is 16.6. The van der Waals surface area contributed by atoms with Gasteiger partial charge in [0.15, 0.2) is 5.75 Å². The first-order chi connectivity index (χ1) is 19.2. The number of ether oxygens (including phenoxy) is 2. The molecule has 1 heterocycles. The molecule has 0 saturated carbocycles. The van der Waals surface area contributed by atoms with Crippen molar-refractivity contribution in [3.63, 3.8) is 0 Å². The molecule has 4 aromatic rings. The maximum absolute atomic E-state index is 12.7. The van der Waals surface area contributed by atoms with E-state index in [9.17, 15) is 19.7 Å². The Hall–Kier alpha value is -5.45. The predicted octanol–water partition coefficient (Wildman–Crippen LogP) is 5.51. The number of hydrazone groups is 1. The second-order valence-electron chi connectivity index (χ2n) is 8.74. The summed E-state index contributed by atoms with van der Waals surface area (Å²) in [6.45, 7) is 3.62. The van der Waals surface area contributed by atoms with Gasteiger partial charge in [0, 0.05) is 11.6 Å². The van der Waals surface area contributed by atoms with Gasteiger partial charge in [0.1, 0.15) is 24.7 Å². The number of hydrogen-bond acceptors (Lipinski definition) is 8. The third kappa shape index (κ3) is 7.10. The standard InChI is InChI=1S/C29H25N3O8/c1-18-6-12-26(25(14-18)32(36)37)39-16-20-4-3-5-22(15-20)28(33)31-30-19(2)21-7-9-23(10-8-21)38-17-24-11-13-27(40-24)29(34)35/h3-15H,16-17H2,1-2H3,(H,31,33)(H,34,35). The monoisotopic (exact) mass is 543 g/mol. The lowest BCUT2D eigenvalue weighted by molar-refractivity contribution is -0.386. The van der Waals surface area contributed by atoms with Crippen LogP contribution in [0.15, 0.2) is 88.4 Å². The summed E-state index contributed by atoms with van der Waals surface area (Å²) in [5.74, 6) is -0.656. The number of nitro benzene ring substituents is 1. The molecule has 0 bridgehead atoms. The van der Waals surface area contributed by atoms with Crippen LogP contribution in [0.5, 0.6) is 11.5 Å². The van der Waals surface area contributed by atoms with Gasteiger partial charge < -0.3 is 19.0 Å². The van der Waals surface area contributed by atoms with Crippen molar-refractivity contribution in [1.82, 2.24) is 5.43 Å². The molecule has 1 aromatic heterocycles. The molecule has 40 heavy (non-hydrogen) atoms. The maximum Gasteiger partial charge on any atom is 0.371 e. The van der Waals surface area contributed by atoms with Gasteiger partial charge in [-0.25, -0.2) is 10.2 Å². The molecule has 2 N–H and O–H groups in total. The van der Waals surface area contributed by atoms with E-state index in [4.69, 9.17) is 19.0 Å². The summed E-state index contributed by atoms with van der Waals surface area (Å²) in [5, 5.41) is 24.4. The minimum Gasteiger partial charge on any atom is -0.486 e. The lowest BCUT2D eigenvalue weighted by Crippen LogP contribution is -2.19. The van der Waals surface area contributed by atoms with E-state index in [-0.39, 0.29) is 30.4 Å². The van der Waals surface area contributed by atoms with Crippen LogP contribution in [0.3, 0.4) is 0 Å². The van der Waals surface area contributed by atoms with E-state index in [2.05, 4.69) is 10.5 Å². The zero-order valence-electron chi connectivity index (χ0n) is 21.6. The summed E-state index contributed by atoms with van der Waals surface area (Å²) in [4.78, 5) is 34.4. The number of benzene rings is 3. The third-order valence-electron chi connectivity index (χ3n) is 5.75. The molecule has 11 nitrogen and oxygen atoms in total. The number of amides is 1. The summed E-state index contributed by atoms with van der Waals surface area (Å²) in [7, 11) is 0. The van der Waals surface area contributed by atoms with Gasteiger partial charge in [0.2, 0.25) is 5.76 Å². The lowest BCUT2D eigenvalue weighted by Gasteiger charge is -2.09. The van der Waals surface area contributed by atoms with Crippen LogP contribution < -0.4 is 14.9 Å². The van der Waals surface area contributed by atoms with Crippen molar-refractivity contribution in [2.75, 3.05) is 0 Å². The first-order valence-electron chi connectivity index (χ1n) is 12.1. The molecule has 0 aliphatic rings. The SMILES string of the molecule is CC(=NNC(=O)c1cccc(COc2ccc(C)cc2[N+](=O)[O-])c1)c1ccc(OCc2ccc(C(=O)O)o2)cc1. The van der Waals surface area contributed by atoms with Crippen molar-refractivity contribution in [3.8, 4) is 11.5 Å². The number of rotatable bonds is 11. The van der Waals surface area contributed by atoms with Crippen molar-refractivity contribution in [1.29, 1.82) is 0 Å². The number of hydrogen-bond donors (Lipinski definition) is 2. The average molecular weight is 544 g/mol. The fourth-order valence-corrected chi connectivity index (χ4v) is 3.64. The fraction of sp³-hybridized carbons (Fsp3) is 0.138. The highest BCUT2D eigenvalue weighted by Crippen LogP contribution is 2.28. The first-order valence-corrected chi connectivity index (χ1v) is 12.1. The predicted molar refractivity (Wildman–Crippen MR) is 145 cm³/mol. The van der Waals surface area contributed by atoms with Crippen LogP contribution in [0.2, 0.25) is 0 Å². The van der Waals surface area contributed by atoms with E-state index in [0.29, 0.717) is 28.3 Å². The number of aromatic carboxylic acids is 1. The van der Waals surface area contributed by atoms with Gasteiger partial charge in [-0.3, -0.25) is 14.9 Å². The van der Waals surface area contributed by atoms with E-state index >= 15 is 0 Å². The second kappa shape index (κ2) is 12.4. The van der Waals surface area contributed by atoms with Crippen molar-refractivity contribution in [2.45, 2.75) is 27.1 Å². The Morgan fingerprint density at radius 1 is 0.975 bits per heavy atom. The normalized spacial score (nSPS) is 11.1. The molecule has 0 unspecified atom stereocenters. The number of aryl methyl sites for hydroxylation is 1. The van der Waals surface area contributed by atoms with Gasteiger partial charge in [-0.2, -0.15) is 5.10 Å². The van der Waals surface area contributed by atoms with E-state index in [0.717, 1.165) is 11.1 Å².